The van der Waals surface area contributed by atoms with Crippen LogP contribution in [0.2, 0.25) is 0 Å². The first-order valence-corrected chi connectivity index (χ1v) is 7.16. The molecule has 0 unspecified atom stereocenters. The minimum atomic E-state index is -0.379. The second-order valence-corrected chi connectivity index (χ2v) is 5.01. The zero-order chi connectivity index (χ0) is 15.4. The molecule has 1 N–H and O–H groups in total. The van der Waals surface area contributed by atoms with Gasteiger partial charge in [0.1, 0.15) is 5.82 Å². The minimum absolute atomic E-state index is 0.106. The number of halogens is 1. The lowest BCUT2D eigenvalue weighted by Crippen LogP contribution is -2.45. The predicted molar refractivity (Wildman–Crippen MR) is 78.6 cm³/mol. The average Bonchev–Trinajstić information content (AvgIpc) is 2.81. The number of carbonyl (C=O) groups is 2. The van der Waals surface area contributed by atoms with Crippen molar-refractivity contribution in [1.29, 1.82) is 0 Å². The molecule has 1 fully saturated rings. The van der Waals surface area contributed by atoms with Gasteiger partial charge in [0.05, 0.1) is 6.04 Å². The fourth-order valence-electron chi connectivity index (χ4n) is 2.47. The standard InChI is InChI=1S/C15H20FN3O2/c1-3-18(4-2)15(21)17-12-9-14(20)19(10-12)13-7-5-6-11(16)8-13/h5-8,12H,3-4,9-10H2,1-2H3,(H,17,21)/t12-/m0/s1. The number of hydrogen-bond acceptors (Lipinski definition) is 2. The van der Waals surface area contributed by atoms with E-state index in [2.05, 4.69) is 5.32 Å². The third-order valence-electron chi connectivity index (χ3n) is 3.62. The summed E-state index contributed by atoms with van der Waals surface area (Å²) in [6.45, 7) is 5.42. The normalized spacial score (nSPS) is 18.0. The number of amides is 3. The Morgan fingerprint density at radius 2 is 2.14 bits per heavy atom. The molecular weight excluding hydrogens is 273 g/mol. The van der Waals surface area contributed by atoms with Crippen molar-refractivity contribution in [3.63, 3.8) is 0 Å². The van der Waals surface area contributed by atoms with Gasteiger partial charge in [0.25, 0.3) is 0 Å². The van der Waals surface area contributed by atoms with Crippen molar-refractivity contribution in [3.8, 4) is 0 Å². The van der Waals surface area contributed by atoms with Gasteiger partial charge in [0, 0.05) is 31.7 Å². The van der Waals surface area contributed by atoms with Crippen LogP contribution in [0.15, 0.2) is 24.3 Å². The number of nitrogens with one attached hydrogen (secondary N) is 1. The number of benzene rings is 1. The molecule has 1 aliphatic heterocycles. The zero-order valence-electron chi connectivity index (χ0n) is 12.3. The lowest BCUT2D eigenvalue weighted by Gasteiger charge is -2.22. The summed E-state index contributed by atoms with van der Waals surface area (Å²) < 4.78 is 13.2. The third-order valence-corrected chi connectivity index (χ3v) is 3.62. The molecule has 1 aromatic carbocycles. The predicted octanol–water partition coefficient (Wildman–Crippen LogP) is 1.98. The Bertz CT molecular complexity index is 531. The molecule has 6 heteroatoms. The number of urea groups is 1. The fourth-order valence-corrected chi connectivity index (χ4v) is 2.47. The van der Waals surface area contributed by atoms with Crippen LogP contribution in [0.5, 0.6) is 0 Å². The van der Waals surface area contributed by atoms with E-state index in [-0.39, 0.29) is 30.2 Å². The monoisotopic (exact) mass is 293 g/mol. The summed E-state index contributed by atoms with van der Waals surface area (Å²) in [5.41, 5.74) is 0.527. The molecule has 21 heavy (non-hydrogen) atoms. The highest BCUT2D eigenvalue weighted by Crippen LogP contribution is 2.22. The summed E-state index contributed by atoms with van der Waals surface area (Å²) >= 11 is 0. The highest BCUT2D eigenvalue weighted by atomic mass is 19.1. The molecular formula is C15H20FN3O2. The number of nitrogens with zero attached hydrogens (tertiary/aromatic N) is 2. The molecule has 5 nitrogen and oxygen atoms in total. The first kappa shape index (κ1) is 15.3. The van der Waals surface area contributed by atoms with Crippen LogP contribution < -0.4 is 10.2 Å². The molecule has 0 aromatic heterocycles. The maximum absolute atomic E-state index is 13.2. The van der Waals surface area contributed by atoms with Crippen LogP contribution in [0.4, 0.5) is 14.9 Å². The van der Waals surface area contributed by atoms with E-state index in [1.54, 1.807) is 17.0 Å². The van der Waals surface area contributed by atoms with Crippen LogP contribution in [0.25, 0.3) is 0 Å². The second kappa shape index (κ2) is 6.56. The van der Waals surface area contributed by atoms with E-state index < -0.39 is 0 Å². The van der Waals surface area contributed by atoms with Crippen molar-refractivity contribution < 1.29 is 14.0 Å². The zero-order valence-corrected chi connectivity index (χ0v) is 12.3. The van der Waals surface area contributed by atoms with Crippen molar-refractivity contribution in [2.45, 2.75) is 26.3 Å². The summed E-state index contributed by atoms with van der Waals surface area (Å²) in [7, 11) is 0. The molecule has 1 aromatic rings. The van der Waals surface area contributed by atoms with Crippen molar-refractivity contribution in [1.82, 2.24) is 10.2 Å². The van der Waals surface area contributed by atoms with Gasteiger partial charge < -0.3 is 15.1 Å². The van der Waals surface area contributed by atoms with Gasteiger partial charge in [-0.05, 0) is 32.0 Å². The maximum Gasteiger partial charge on any atom is 0.317 e. The van der Waals surface area contributed by atoms with Gasteiger partial charge in [-0.25, -0.2) is 9.18 Å². The van der Waals surface area contributed by atoms with E-state index in [0.717, 1.165) is 0 Å². The Morgan fingerprint density at radius 3 is 2.76 bits per heavy atom. The van der Waals surface area contributed by atoms with E-state index >= 15 is 0 Å². The third kappa shape index (κ3) is 3.51. The number of anilines is 1. The first-order chi connectivity index (χ1) is 10.0. The highest BCUT2D eigenvalue weighted by molar-refractivity contribution is 5.96. The van der Waals surface area contributed by atoms with Crippen LogP contribution in [0.3, 0.4) is 0 Å². The SMILES string of the molecule is CCN(CC)C(=O)N[C@H]1CC(=O)N(c2cccc(F)c2)C1. The van der Waals surface area contributed by atoms with Crippen molar-refractivity contribution in [2.75, 3.05) is 24.5 Å². The Morgan fingerprint density at radius 1 is 1.43 bits per heavy atom. The van der Waals surface area contributed by atoms with E-state index in [0.29, 0.717) is 25.3 Å². The molecule has 3 amide bonds. The van der Waals surface area contributed by atoms with Crippen LogP contribution in [0, 0.1) is 5.82 Å². The topological polar surface area (TPSA) is 52.7 Å². The van der Waals surface area contributed by atoms with Crippen LogP contribution >= 0.6 is 0 Å². The highest BCUT2D eigenvalue weighted by Gasteiger charge is 2.32. The number of hydrogen-bond donors (Lipinski definition) is 1. The Labute approximate surface area is 123 Å². The molecule has 1 saturated heterocycles. The Balaban J connectivity index is 2.01. The molecule has 2 rings (SSSR count). The van der Waals surface area contributed by atoms with Crippen molar-refractivity contribution >= 4 is 17.6 Å². The number of rotatable bonds is 4. The largest absolute Gasteiger partial charge is 0.333 e. The van der Waals surface area contributed by atoms with Gasteiger partial charge >= 0.3 is 6.03 Å². The molecule has 0 radical (unpaired) electrons. The molecule has 0 bridgehead atoms. The lowest BCUT2D eigenvalue weighted by molar-refractivity contribution is -0.117. The van der Waals surface area contributed by atoms with Gasteiger partial charge in [0.2, 0.25) is 5.91 Å². The maximum atomic E-state index is 13.2. The van der Waals surface area contributed by atoms with E-state index in [1.165, 1.54) is 17.0 Å². The van der Waals surface area contributed by atoms with Gasteiger partial charge in [-0.15, -0.1) is 0 Å². The lowest BCUT2D eigenvalue weighted by atomic mass is 10.2. The fraction of sp³-hybridized carbons (Fsp3) is 0.467. The summed E-state index contributed by atoms with van der Waals surface area (Å²) in [6, 6.07) is 5.51. The molecule has 0 spiro atoms. The van der Waals surface area contributed by atoms with Crippen LogP contribution in [-0.4, -0.2) is 42.5 Å². The van der Waals surface area contributed by atoms with Crippen LogP contribution in [0.1, 0.15) is 20.3 Å². The van der Waals surface area contributed by atoms with Gasteiger partial charge in [-0.1, -0.05) is 6.07 Å². The van der Waals surface area contributed by atoms with E-state index in [4.69, 9.17) is 0 Å². The Hall–Kier alpha value is -2.11. The Kier molecular flexibility index (Phi) is 4.77. The molecule has 114 valence electrons. The summed E-state index contributed by atoms with van der Waals surface area (Å²) in [4.78, 5) is 27.2. The molecule has 0 saturated carbocycles. The second-order valence-electron chi connectivity index (χ2n) is 5.01. The molecule has 1 atom stereocenters. The summed E-state index contributed by atoms with van der Waals surface area (Å²) in [5, 5.41) is 2.86. The molecule has 1 heterocycles. The van der Waals surface area contributed by atoms with E-state index in [9.17, 15) is 14.0 Å². The summed E-state index contributed by atoms with van der Waals surface area (Å²) in [5.74, 6) is -0.485. The van der Waals surface area contributed by atoms with Crippen molar-refractivity contribution in [2.24, 2.45) is 0 Å². The average molecular weight is 293 g/mol. The molecule has 1 aliphatic rings. The summed E-state index contributed by atoms with van der Waals surface area (Å²) in [6.07, 6.45) is 0.240. The number of carbonyl (C=O) groups excluding carboxylic acids is 2. The van der Waals surface area contributed by atoms with Crippen molar-refractivity contribution in [3.05, 3.63) is 30.1 Å². The quantitative estimate of drug-likeness (QED) is 0.923. The smallest absolute Gasteiger partial charge is 0.317 e. The minimum Gasteiger partial charge on any atom is -0.333 e. The van der Waals surface area contributed by atoms with Gasteiger partial charge in [-0.3, -0.25) is 4.79 Å². The van der Waals surface area contributed by atoms with Gasteiger partial charge in [-0.2, -0.15) is 0 Å². The van der Waals surface area contributed by atoms with E-state index in [1.807, 2.05) is 13.8 Å². The first-order valence-electron chi connectivity index (χ1n) is 7.16. The molecule has 0 aliphatic carbocycles. The van der Waals surface area contributed by atoms with Gasteiger partial charge in [0.15, 0.2) is 0 Å². The van der Waals surface area contributed by atoms with Crippen LogP contribution in [-0.2, 0) is 4.79 Å².